The van der Waals surface area contributed by atoms with Crippen molar-refractivity contribution in [3.05, 3.63) is 23.8 Å². The third kappa shape index (κ3) is 2.96. The highest BCUT2D eigenvalue weighted by atomic mass is 16.5. The van der Waals surface area contributed by atoms with Crippen molar-refractivity contribution in [2.45, 2.75) is 25.3 Å². The van der Waals surface area contributed by atoms with E-state index in [0.29, 0.717) is 5.75 Å². The molecule has 1 aromatic rings. The molecule has 1 aliphatic rings. The number of carbonyl (C=O) groups is 2. The molecule has 0 aliphatic carbocycles. The van der Waals surface area contributed by atoms with Gasteiger partial charge >= 0.3 is 5.97 Å². The number of nitrogens with zero attached hydrogens (tertiary/aromatic N) is 1. The van der Waals surface area contributed by atoms with Gasteiger partial charge in [0.1, 0.15) is 11.8 Å². The molecule has 0 saturated heterocycles. The van der Waals surface area contributed by atoms with Gasteiger partial charge in [-0.25, -0.2) is 4.79 Å². The lowest BCUT2D eigenvalue weighted by Crippen LogP contribution is -2.40. The van der Waals surface area contributed by atoms with Crippen LogP contribution >= 0.6 is 0 Å². The number of rotatable bonds is 5. The van der Waals surface area contributed by atoms with Crippen molar-refractivity contribution in [3.8, 4) is 5.75 Å². The van der Waals surface area contributed by atoms with Crippen LogP contribution in [0.15, 0.2) is 23.2 Å². The van der Waals surface area contributed by atoms with Gasteiger partial charge in [0.15, 0.2) is 0 Å². The van der Waals surface area contributed by atoms with Crippen molar-refractivity contribution >= 4 is 23.8 Å². The zero-order valence-electron chi connectivity index (χ0n) is 11.3. The van der Waals surface area contributed by atoms with Crippen molar-refractivity contribution in [3.63, 3.8) is 0 Å². The quantitative estimate of drug-likeness (QED) is 0.852. The third-order valence-corrected chi connectivity index (χ3v) is 3.19. The molecule has 0 bridgehead atoms. The van der Waals surface area contributed by atoms with Crippen LogP contribution in [0.5, 0.6) is 5.75 Å². The Morgan fingerprint density at radius 2 is 2.25 bits per heavy atom. The van der Waals surface area contributed by atoms with Gasteiger partial charge in [-0.05, 0) is 30.2 Å². The van der Waals surface area contributed by atoms with Crippen LogP contribution in [0.4, 0.5) is 5.69 Å². The number of aliphatic imine (C=N–C) groups is 1. The molecular formula is C14H16N2O4. The summed E-state index contributed by atoms with van der Waals surface area (Å²) in [7, 11) is 1.57. The van der Waals surface area contributed by atoms with E-state index >= 15 is 0 Å². The first-order chi connectivity index (χ1) is 9.51. The normalized spacial score (nSPS) is 17.4. The number of carboxylic acid groups (broad SMARTS) is 1. The standard InChI is InChI=1S/C14H16N2O4/c1-8(17)16-13(14(18)19)5-9-7-15-12-4-3-10(20-2)6-11(9)12/h3-4,6-7,9,13H,5H2,1-2H3,(H,16,17)(H,18,19). The molecule has 6 heteroatoms. The fraction of sp³-hybridized carbons (Fsp3) is 0.357. The number of ether oxygens (including phenoxy) is 1. The number of benzene rings is 1. The molecule has 20 heavy (non-hydrogen) atoms. The Morgan fingerprint density at radius 3 is 2.85 bits per heavy atom. The maximum atomic E-state index is 11.2. The Bertz CT molecular complexity index is 568. The van der Waals surface area contributed by atoms with E-state index in [2.05, 4.69) is 10.3 Å². The molecule has 6 nitrogen and oxygen atoms in total. The molecule has 0 spiro atoms. The molecule has 0 saturated carbocycles. The summed E-state index contributed by atoms with van der Waals surface area (Å²) in [5.74, 6) is -0.859. The van der Waals surface area contributed by atoms with Crippen LogP contribution < -0.4 is 10.1 Å². The lowest BCUT2D eigenvalue weighted by atomic mass is 9.93. The zero-order valence-corrected chi connectivity index (χ0v) is 11.3. The zero-order chi connectivity index (χ0) is 14.7. The molecule has 1 heterocycles. The number of fused-ring (bicyclic) bond motifs is 1. The molecule has 2 atom stereocenters. The summed E-state index contributed by atoms with van der Waals surface area (Å²) in [5, 5.41) is 11.6. The summed E-state index contributed by atoms with van der Waals surface area (Å²) in [6, 6.07) is 4.56. The van der Waals surface area contributed by atoms with Crippen LogP contribution in [0.25, 0.3) is 0 Å². The van der Waals surface area contributed by atoms with E-state index in [4.69, 9.17) is 9.84 Å². The number of methoxy groups -OCH3 is 1. The number of carboxylic acids is 1. The van der Waals surface area contributed by atoms with Gasteiger partial charge in [-0.3, -0.25) is 9.79 Å². The first kappa shape index (κ1) is 14.0. The van der Waals surface area contributed by atoms with Crippen LogP contribution in [0.2, 0.25) is 0 Å². The number of nitrogens with one attached hydrogen (secondary N) is 1. The smallest absolute Gasteiger partial charge is 0.326 e. The maximum Gasteiger partial charge on any atom is 0.326 e. The second kappa shape index (κ2) is 5.73. The number of hydrogen-bond donors (Lipinski definition) is 2. The molecule has 106 valence electrons. The first-order valence-corrected chi connectivity index (χ1v) is 6.23. The molecule has 0 radical (unpaired) electrons. The van der Waals surface area contributed by atoms with Crippen molar-refractivity contribution in [2.75, 3.05) is 7.11 Å². The van der Waals surface area contributed by atoms with Crippen molar-refractivity contribution < 1.29 is 19.4 Å². The summed E-state index contributed by atoms with van der Waals surface area (Å²) < 4.78 is 5.16. The van der Waals surface area contributed by atoms with E-state index in [1.54, 1.807) is 19.4 Å². The molecular weight excluding hydrogens is 260 g/mol. The Balaban J connectivity index is 2.18. The van der Waals surface area contributed by atoms with Crippen LogP contribution in [0.3, 0.4) is 0 Å². The Kier molecular flexibility index (Phi) is 4.02. The number of amides is 1. The fourth-order valence-electron chi connectivity index (χ4n) is 2.23. The van der Waals surface area contributed by atoms with Crippen LogP contribution in [-0.2, 0) is 9.59 Å². The van der Waals surface area contributed by atoms with Crippen LogP contribution in [0.1, 0.15) is 24.8 Å². The van der Waals surface area contributed by atoms with Gasteiger partial charge in [0.2, 0.25) is 5.91 Å². The highest BCUT2D eigenvalue weighted by Crippen LogP contribution is 2.37. The molecule has 2 N–H and O–H groups in total. The third-order valence-electron chi connectivity index (χ3n) is 3.19. The second-order valence-corrected chi connectivity index (χ2v) is 4.64. The minimum absolute atomic E-state index is 0.145. The Hall–Kier alpha value is -2.37. The average Bonchev–Trinajstić information content (AvgIpc) is 2.79. The predicted molar refractivity (Wildman–Crippen MR) is 73.7 cm³/mol. The Morgan fingerprint density at radius 1 is 1.50 bits per heavy atom. The minimum atomic E-state index is -1.05. The highest BCUT2D eigenvalue weighted by molar-refractivity contribution is 5.85. The molecule has 0 fully saturated rings. The van der Waals surface area contributed by atoms with Crippen molar-refractivity contribution in [1.82, 2.24) is 5.32 Å². The maximum absolute atomic E-state index is 11.2. The van der Waals surface area contributed by atoms with E-state index in [0.717, 1.165) is 11.3 Å². The van der Waals surface area contributed by atoms with E-state index in [1.807, 2.05) is 12.1 Å². The lowest BCUT2D eigenvalue weighted by molar-refractivity contribution is -0.141. The predicted octanol–water partition coefficient (Wildman–Crippen LogP) is 1.47. The van der Waals surface area contributed by atoms with Gasteiger partial charge < -0.3 is 15.2 Å². The summed E-state index contributed by atoms with van der Waals surface area (Å²) >= 11 is 0. The average molecular weight is 276 g/mol. The van der Waals surface area contributed by atoms with Crippen molar-refractivity contribution in [1.29, 1.82) is 0 Å². The summed E-state index contributed by atoms with van der Waals surface area (Å²) in [6.07, 6.45) is 1.97. The van der Waals surface area contributed by atoms with Crippen LogP contribution in [-0.4, -0.2) is 36.3 Å². The lowest BCUT2D eigenvalue weighted by Gasteiger charge is -2.17. The molecule has 0 aromatic heterocycles. The van der Waals surface area contributed by atoms with E-state index in [-0.39, 0.29) is 18.2 Å². The topological polar surface area (TPSA) is 88.0 Å². The van der Waals surface area contributed by atoms with Gasteiger partial charge in [-0.1, -0.05) is 0 Å². The van der Waals surface area contributed by atoms with E-state index in [1.165, 1.54) is 6.92 Å². The van der Waals surface area contributed by atoms with Crippen molar-refractivity contribution in [2.24, 2.45) is 4.99 Å². The summed E-state index contributed by atoms with van der Waals surface area (Å²) in [5.41, 5.74) is 1.73. The largest absolute Gasteiger partial charge is 0.497 e. The number of carbonyl (C=O) groups excluding carboxylic acids is 1. The van der Waals surface area contributed by atoms with Crippen LogP contribution in [0, 0.1) is 0 Å². The van der Waals surface area contributed by atoms with Gasteiger partial charge in [-0.2, -0.15) is 0 Å². The molecule has 2 rings (SSSR count). The molecule has 2 unspecified atom stereocenters. The van der Waals surface area contributed by atoms with Gasteiger partial charge in [0.05, 0.1) is 12.8 Å². The highest BCUT2D eigenvalue weighted by Gasteiger charge is 2.27. The van der Waals surface area contributed by atoms with Gasteiger partial charge in [0.25, 0.3) is 0 Å². The SMILES string of the molecule is COc1ccc2c(c1)C(CC(NC(C)=O)C(=O)O)C=N2. The fourth-order valence-corrected chi connectivity index (χ4v) is 2.23. The first-order valence-electron chi connectivity index (χ1n) is 6.23. The second-order valence-electron chi connectivity index (χ2n) is 4.64. The van der Waals surface area contributed by atoms with E-state index in [9.17, 15) is 9.59 Å². The summed E-state index contributed by atoms with van der Waals surface area (Å²) in [4.78, 5) is 26.5. The molecule has 1 amide bonds. The monoisotopic (exact) mass is 276 g/mol. The number of aliphatic carboxylic acids is 1. The molecule has 1 aliphatic heterocycles. The Labute approximate surface area is 116 Å². The van der Waals surface area contributed by atoms with E-state index < -0.39 is 12.0 Å². The van der Waals surface area contributed by atoms with Gasteiger partial charge in [-0.15, -0.1) is 0 Å². The minimum Gasteiger partial charge on any atom is -0.497 e. The summed E-state index contributed by atoms with van der Waals surface area (Å²) in [6.45, 7) is 1.30. The molecule has 1 aromatic carbocycles. The number of hydrogen-bond acceptors (Lipinski definition) is 4. The van der Waals surface area contributed by atoms with Gasteiger partial charge in [0, 0.05) is 19.1 Å².